The molecule has 0 unspecified atom stereocenters. The van der Waals surface area contributed by atoms with Crippen molar-refractivity contribution in [2.45, 2.75) is 10.6 Å². The number of thioether (sulfide) groups is 1. The summed E-state index contributed by atoms with van der Waals surface area (Å²) in [5.74, 6) is 1.78. The van der Waals surface area contributed by atoms with Crippen molar-refractivity contribution in [2.24, 2.45) is 0 Å². The van der Waals surface area contributed by atoms with Gasteiger partial charge < -0.3 is 4.74 Å². The average molecular weight is 272 g/mol. The van der Waals surface area contributed by atoms with Crippen LogP contribution in [-0.4, -0.2) is 12.1 Å². The highest BCUT2D eigenvalue weighted by molar-refractivity contribution is 7.98. The van der Waals surface area contributed by atoms with Gasteiger partial charge in [-0.2, -0.15) is 0 Å². The van der Waals surface area contributed by atoms with Gasteiger partial charge in [-0.3, -0.25) is 0 Å². The second-order valence-electron chi connectivity index (χ2n) is 3.04. The maximum atomic E-state index is 5.76. The van der Waals surface area contributed by atoms with Crippen LogP contribution in [-0.2, 0) is 5.75 Å². The standard InChI is InChI=1S/C11H10ClNOS2/c1-14-8-2-4-9(5-3-8)15-7-10-6-13-11(12)16-10/h2-6H,7H2,1H3. The summed E-state index contributed by atoms with van der Waals surface area (Å²) in [5.41, 5.74) is 0. The number of benzene rings is 1. The van der Waals surface area contributed by atoms with Gasteiger partial charge in [0, 0.05) is 21.7 Å². The van der Waals surface area contributed by atoms with Crippen LogP contribution in [0.3, 0.4) is 0 Å². The maximum absolute atomic E-state index is 5.76. The number of ether oxygens (including phenoxy) is 1. The van der Waals surface area contributed by atoms with Crippen LogP contribution in [0.4, 0.5) is 0 Å². The molecule has 1 aromatic heterocycles. The summed E-state index contributed by atoms with van der Waals surface area (Å²) in [6, 6.07) is 8.02. The van der Waals surface area contributed by atoms with Gasteiger partial charge in [0.05, 0.1) is 7.11 Å². The quantitative estimate of drug-likeness (QED) is 0.782. The molecule has 5 heteroatoms. The molecule has 0 radical (unpaired) electrons. The van der Waals surface area contributed by atoms with Crippen molar-refractivity contribution >= 4 is 34.7 Å². The van der Waals surface area contributed by atoms with Gasteiger partial charge in [0.25, 0.3) is 0 Å². The normalized spacial score (nSPS) is 10.4. The van der Waals surface area contributed by atoms with Crippen molar-refractivity contribution in [2.75, 3.05) is 7.11 Å². The molecule has 0 aliphatic carbocycles. The predicted octanol–water partition coefficient (Wildman–Crippen LogP) is 4.10. The smallest absolute Gasteiger partial charge is 0.183 e. The van der Waals surface area contributed by atoms with E-state index in [0.717, 1.165) is 11.5 Å². The molecule has 2 aromatic rings. The van der Waals surface area contributed by atoms with Gasteiger partial charge in [-0.15, -0.1) is 23.1 Å². The largest absolute Gasteiger partial charge is 0.497 e. The lowest BCUT2D eigenvalue weighted by Crippen LogP contribution is -1.81. The first kappa shape index (κ1) is 11.8. The third-order valence-corrected chi connectivity index (χ3v) is 4.32. The molecule has 84 valence electrons. The molecule has 2 nitrogen and oxygen atoms in total. The van der Waals surface area contributed by atoms with Crippen LogP contribution in [0.25, 0.3) is 0 Å². The zero-order chi connectivity index (χ0) is 11.4. The lowest BCUT2D eigenvalue weighted by Gasteiger charge is -2.01. The van der Waals surface area contributed by atoms with Crippen molar-refractivity contribution in [3.63, 3.8) is 0 Å². The van der Waals surface area contributed by atoms with Gasteiger partial charge in [0.2, 0.25) is 0 Å². The summed E-state index contributed by atoms with van der Waals surface area (Å²) in [4.78, 5) is 6.41. The van der Waals surface area contributed by atoms with Crippen LogP contribution >= 0.6 is 34.7 Å². The van der Waals surface area contributed by atoms with Crippen LogP contribution in [0.5, 0.6) is 5.75 Å². The minimum Gasteiger partial charge on any atom is -0.497 e. The number of hydrogen-bond donors (Lipinski definition) is 0. The van der Waals surface area contributed by atoms with Crippen molar-refractivity contribution in [3.05, 3.63) is 39.8 Å². The number of methoxy groups -OCH3 is 1. The number of nitrogens with zero attached hydrogens (tertiary/aromatic N) is 1. The molecule has 0 saturated carbocycles. The van der Waals surface area contributed by atoms with E-state index in [1.165, 1.54) is 21.1 Å². The number of rotatable bonds is 4. The molecule has 0 aliphatic heterocycles. The van der Waals surface area contributed by atoms with Gasteiger partial charge in [0.15, 0.2) is 4.47 Å². The van der Waals surface area contributed by atoms with Crippen LogP contribution < -0.4 is 4.74 Å². The van der Waals surface area contributed by atoms with E-state index in [-0.39, 0.29) is 0 Å². The summed E-state index contributed by atoms with van der Waals surface area (Å²) >= 11 is 9.05. The molecule has 16 heavy (non-hydrogen) atoms. The van der Waals surface area contributed by atoms with E-state index in [1.807, 2.05) is 30.5 Å². The van der Waals surface area contributed by atoms with Crippen LogP contribution in [0.1, 0.15) is 4.88 Å². The molecule has 0 N–H and O–H groups in total. The van der Waals surface area contributed by atoms with E-state index in [4.69, 9.17) is 16.3 Å². The first-order valence-electron chi connectivity index (χ1n) is 4.65. The highest BCUT2D eigenvalue weighted by atomic mass is 35.5. The Hall–Kier alpha value is -0.710. The Kier molecular flexibility index (Phi) is 4.09. The number of aromatic nitrogens is 1. The fourth-order valence-corrected chi connectivity index (χ4v) is 3.07. The topological polar surface area (TPSA) is 22.1 Å². The lowest BCUT2D eigenvalue weighted by atomic mass is 10.3. The second kappa shape index (κ2) is 5.57. The number of hydrogen-bond acceptors (Lipinski definition) is 4. The van der Waals surface area contributed by atoms with Crippen LogP contribution in [0.2, 0.25) is 4.47 Å². The van der Waals surface area contributed by atoms with Gasteiger partial charge in [0.1, 0.15) is 5.75 Å². The maximum Gasteiger partial charge on any atom is 0.183 e. The summed E-state index contributed by atoms with van der Waals surface area (Å²) in [7, 11) is 1.67. The first-order chi connectivity index (χ1) is 7.78. The van der Waals surface area contributed by atoms with Gasteiger partial charge in [-0.05, 0) is 24.3 Å². The molecule has 0 saturated heterocycles. The molecule has 0 atom stereocenters. The van der Waals surface area contributed by atoms with Crippen molar-refractivity contribution in [1.82, 2.24) is 4.98 Å². The SMILES string of the molecule is COc1ccc(SCc2cnc(Cl)s2)cc1. The van der Waals surface area contributed by atoms with E-state index >= 15 is 0 Å². The third kappa shape index (κ3) is 3.14. The Morgan fingerprint density at radius 2 is 2.12 bits per heavy atom. The average Bonchev–Trinajstić information content (AvgIpc) is 2.73. The molecule has 2 rings (SSSR count). The zero-order valence-corrected chi connectivity index (χ0v) is 11.0. The molecule has 0 fully saturated rings. The summed E-state index contributed by atoms with van der Waals surface area (Å²) in [6.45, 7) is 0. The van der Waals surface area contributed by atoms with E-state index in [2.05, 4.69) is 4.98 Å². The summed E-state index contributed by atoms with van der Waals surface area (Å²) < 4.78 is 5.70. The molecule has 0 amide bonds. The Bertz CT molecular complexity index is 455. The minimum atomic E-state index is 0.602. The lowest BCUT2D eigenvalue weighted by molar-refractivity contribution is 0.414. The summed E-state index contributed by atoms with van der Waals surface area (Å²) in [5, 5.41) is 0. The summed E-state index contributed by atoms with van der Waals surface area (Å²) in [6.07, 6.45) is 1.82. The third-order valence-electron chi connectivity index (χ3n) is 1.97. The van der Waals surface area contributed by atoms with Crippen molar-refractivity contribution in [1.29, 1.82) is 0 Å². The Morgan fingerprint density at radius 1 is 1.38 bits per heavy atom. The molecule has 1 aromatic carbocycles. The first-order valence-corrected chi connectivity index (χ1v) is 6.83. The van der Waals surface area contributed by atoms with Gasteiger partial charge in [-0.25, -0.2) is 4.98 Å². The second-order valence-corrected chi connectivity index (χ2v) is 5.79. The highest BCUT2D eigenvalue weighted by Gasteiger charge is 2.01. The zero-order valence-electron chi connectivity index (χ0n) is 8.64. The Morgan fingerprint density at radius 3 is 2.69 bits per heavy atom. The Labute approximate surface area is 108 Å². The molecule has 0 spiro atoms. The van der Waals surface area contributed by atoms with Crippen LogP contribution in [0.15, 0.2) is 35.4 Å². The van der Waals surface area contributed by atoms with Gasteiger partial charge in [-0.1, -0.05) is 11.6 Å². The molecular weight excluding hydrogens is 262 g/mol. The van der Waals surface area contributed by atoms with Gasteiger partial charge >= 0.3 is 0 Å². The number of halogens is 1. The fraction of sp³-hybridized carbons (Fsp3) is 0.182. The highest BCUT2D eigenvalue weighted by Crippen LogP contribution is 2.28. The van der Waals surface area contributed by atoms with Crippen LogP contribution in [0, 0.1) is 0 Å². The Balaban J connectivity index is 1.94. The minimum absolute atomic E-state index is 0.602. The van der Waals surface area contributed by atoms with Crippen molar-refractivity contribution in [3.8, 4) is 5.75 Å². The molecular formula is C11H10ClNOS2. The fourth-order valence-electron chi connectivity index (χ4n) is 1.18. The van der Waals surface area contributed by atoms with E-state index in [9.17, 15) is 0 Å². The van der Waals surface area contributed by atoms with E-state index in [1.54, 1.807) is 18.9 Å². The monoisotopic (exact) mass is 271 g/mol. The van der Waals surface area contributed by atoms with Crippen molar-refractivity contribution < 1.29 is 4.74 Å². The van der Waals surface area contributed by atoms with E-state index in [0.29, 0.717) is 4.47 Å². The molecule has 1 heterocycles. The molecule has 0 aliphatic rings. The van der Waals surface area contributed by atoms with E-state index < -0.39 is 0 Å². The number of thiazole rings is 1. The molecule has 0 bridgehead atoms. The predicted molar refractivity (Wildman–Crippen MR) is 69.7 cm³/mol.